The average molecular weight is 408 g/mol. The highest BCUT2D eigenvalue weighted by Gasteiger charge is 2.23. The molecule has 0 unspecified atom stereocenters. The van der Waals surface area contributed by atoms with Crippen molar-refractivity contribution < 1.29 is 23.8 Å². The monoisotopic (exact) mass is 407 g/mol. The normalized spacial score (nSPS) is 11.4. The first-order chi connectivity index (χ1) is 12.0. The van der Waals surface area contributed by atoms with E-state index in [0.717, 1.165) is 4.47 Å². The van der Waals surface area contributed by atoms with Gasteiger partial charge in [-0.3, -0.25) is 4.79 Å². The highest BCUT2D eigenvalue weighted by molar-refractivity contribution is 9.10. The second-order valence-electron chi connectivity index (χ2n) is 5.08. The number of hydrogen-bond acceptors (Lipinski definition) is 5. The van der Waals surface area contributed by atoms with E-state index in [9.17, 15) is 9.59 Å². The third kappa shape index (κ3) is 4.73. The number of anilines is 1. The number of carbonyl (C=O) groups excluding carboxylic acids is 2. The summed E-state index contributed by atoms with van der Waals surface area (Å²) in [6.45, 7) is 1.50. The Kier molecular flexibility index (Phi) is 6.41. The quantitative estimate of drug-likeness (QED) is 0.739. The molecule has 7 heteroatoms. The van der Waals surface area contributed by atoms with Gasteiger partial charge in [0, 0.05) is 10.2 Å². The standard InChI is InChI=1S/C18H18BrNO5/c1-11(17(21)20-13-9-7-12(19)8-10-13)25-18(22)14-5-4-6-15(23-2)16(14)24-3/h4-11H,1-3H3,(H,20,21)/t11-/m1/s1. The van der Waals surface area contributed by atoms with Crippen LogP contribution in [-0.4, -0.2) is 32.2 Å². The summed E-state index contributed by atoms with van der Waals surface area (Å²) >= 11 is 3.32. The van der Waals surface area contributed by atoms with Gasteiger partial charge in [-0.1, -0.05) is 22.0 Å². The lowest BCUT2D eigenvalue weighted by atomic mass is 10.2. The zero-order valence-corrected chi connectivity index (χ0v) is 15.6. The molecule has 6 nitrogen and oxygen atoms in total. The predicted octanol–water partition coefficient (Wildman–Crippen LogP) is 3.65. The molecule has 25 heavy (non-hydrogen) atoms. The molecule has 0 radical (unpaired) electrons. The Bertz CT molecular complexity index is 761. The zero-order chi connectivity index (χ0) is 18.4. The summed E-state index contributed by atoms with van der Waals surface area (Å²) in [6, 6.07) is 11.9. The van der Waals surface area contributed by atoms with Gasteiger partial charge in [0.25, 0.3) is 5.91 Å². The van der Waals surface area contributed by atoms with Gasteiger partial charge in [-0.25, -0.2) is 4.79 Å². The second-order valence-corrected chi connectivity index (χ2v) is 6.00. The summed E-state index contributed by atoms with van der Waals surface area (Å²) in [5.41, 5.74) is 0.792. The van der Waals surface area contributed by atoms with Crippen LogP contribution in [0.15, 0.2) is 46.9 Å². The van der Waals surface area contributed by atoms with Crippen molar-refractivity contribution in [3.05, 3.63) is 52.5 Å². The Morgan fingerprint density at radius 3 is 2.32 bits per heavy atom. The van der Waals surface area contributed by atoms with Crippen molar-refractivity contribution in [3.8, 4) is 11.5 Å². The lowest BCUT2D eigenvalue weighted by Gasteiger charge is -2.16. The van der Waals surface area contributed by atoms with Gasteiger partial charge < -0.3 is 19.5 Å². The van der Waals surface area contributed by atoms with Crippen LogP contribution in [0.1, 0.15) is 17.3 Å². The maximum absolute atomic E-state index is 12.4. The first-order valence-electron chi connectivity index (χ1n) is 7.44. The zero-order valence-electron chi connectivity index (χ0n) is 14.0. The number of rotatable bonds is 6. The van der Waals surface area contributed by atoms with Gasteiger partial charge in [-0.15, -0.1) is 0 Å². The van der Waals surface area contributed by atoms with Crippen molar-refractivity contribution >= 4 is 33.5 Å². The molecule has 132 valence electrons. The number of esters is 1. The minimum absolute atomic E-state index is 0.185. The number of methoxy groups -OCH3 is 2. The molecule has 2 aromatic carbocycles. The number of hydrogen-bond donors (Lipinski definition) is 1. The SMILES string of the molecule is COc1cccc(C(=O)O[C@H](C)C(=O)Nc2ccc(Br)cc2)c1OC. The van der Waals surface area contributed by atoms with Crippen LogP contribution in [0, 0.1) is 0 Å². The fraction of sp³-hybridized carbons (Fsp3) is 0.222. The number of ether oxygens (including phenoxy) is 3. The summed E-state index contributed by atoms with van der Waals surface area (Å²) in [4.78, 5) is 24.5. The van der Waals surface area contributed by atoms with Crippen molar-refractivity contribution in [2.45, 2.75) is 13.0 Å². The summed E-state index contributed by atoms with van der Waals surface area (Å²) in [5, 5.41) is 2.68. The maximum Gasteiger partial charge on any atom is 0.342 e. The molecule has 1 N–H and O–H groups in total. The van der Waals surface area contributed by atoms with Crippen molar-refractivity contribution in [1.82, 2.24) is 0 Å². The Balaban J connectivity index is 2.07. The number of carbonyl (C=O) groups is 2. The van der Waals surface area contributed by atoms with Crippen molar-refractivity contribution in [1.29, 1.82) is 0 Å². The first kappa shape index (κ1) is 18.8. The molecule has 0 bridgehead atoms. The smallest absolute Gasteiger partial charge is 0.342 e. The van der Waals surface area contributed by atoms with Gasteiger partial charge in [-0.05, 0) is 43.3 Å². The van der Waals surface area contributed by atoms with E-state index in [-0.39, 0.29) is 11.3 Å². The van der Waals surface area contributed by atoms with Gasteiger partial charge in [0.05, 0.1) is 14.2 Å². The molecule has 0 saturated carbocycles. The van der Waals surface area contributed by atoms with Gasteiger partial charge in [0.1, 0.15) is 5.56 Å². The summed E-state index contributed by atoms with van der Waals surface area (Å²) in [5.74, 6) is -0.439. The summed E-state index contributed by atoms with van der Waals surface area (Å²) < 4.78 is 16.5. The number of para-hydroxylation sites is 1. The molecule has 0 fully saturated rings. The number of halogens is 1. The van der Waals surface area contributed by atoms with Crippen LogP contribution in [0.3, 0.4) is 0 Å². The van der Waals surface area contributed by atoms with E-state index in [1.165, 1.54) is 21.1 Å². The van der Waals surface area contributed by atoms with Crippen LogP contribution < -0.4 is 14.8 Å². The lowest BCUT2D eigenvalue weighted by molar-refractivity contribution is -0.123. The van der Waals surface area contributed by atoms with Gasteiger partial charge in [0.15, 0.2) is 17.6 Å². The highest BCUT2D eigenvalue weighted by atomic mass is 79.9. The third-order valence-electron chi connectivity index (χ3n) is 3.39. The van der Waals surface area contributed by atoms with Crippen LogP contribution in [-0.2, 0) is 9.53 Å². The van der Waals surface area contributed by atoms with Gasteiger partial charge >= 0.3 is 5.97 Å². The Labute approximate surface area is 154 Å². The topological polar surface area (TPSA) is 73.9 Å². The van der Waals surface area contributed by atoms with E-state index in [1.807, 2.05) is 0 Å². The fourth-order valence-electron chi connectivity index (χ4n) is 2.10. The molecule has 2 aromatic rings. The second kappa shape index (κ2) is 8.53. The highest BCUT2D eigenvalue weighted by Crippen LogP contribution is 2.31. The van der Waals surface area contributed by atoms with Crippen LogP contribution in [0.4, 0.5) is 5.69 Å². The molecule has 0 aliphatic heterocycles. The van der Waals surface area contributed by atoms with E-state index in [1.54, 1.807) is 42.5 Å². The minimum atomic E-state index is -0.980. The molecule has 2 rings (SSSR count). The predicted molar refractivity (Wildman–Crippen MR) is 97.2 cm³/mol. The molecule has 1 atom stereocenters. The third-order valence-corrected chi connectivity index (χ3v) is 3.92. The van der Waals surface area contributed by atoms with E-state index in [2.05, 4.69) is 21.2 Å². The number of amides is 1. The molecule has 0 aliphatic rings. The maximum atomic E-state index is 12.4. The van der Waals surface area contributed by atoms with Crippen LogP contribution in [0.5, 0.6) is 11.5 Å². The van der Waals surface area contributed by atoms with E-state index >= 15 is 0 Å². The van der Waals surface area contributed by atoms with Crippen molar-refractivity contribution in [3.63, 3.8) is 0 Å². The minimum Gasteiger partial charge on any atom is -0.493 e. The number of nitrogens with one attached hydrogen (secondary N) is 1. The average Bonchev–Trinajstić information content (AvgIpc) is 2.62. The molecular formula is C18H18BrNO5. The lowest BCUT2D eigenvalue weighted by Crippen LogP contribution is -2.30. The molecule has 0 spiro atoms. The van der Waals surface area contributed by atoms with Crippen LogP contribution in [0.25, 0.3) is 0 Å². The fourth-order valence-corrected chi connectivity index (χ4v) is 2.37. The summed E-state index contributed by atoms with van der Waals surface area (Å²) in [6.07, 6.45) is -0.980. The molecule has 0 aromatic heterocycles. The largest absolute Gasteiger partial charge is 0.493 e. The molecule has 0 aliphatic carbocycles. The summed E-state index contributed by atoms with van der Waals surface area (Å²) in [7, 11) is 2.90. The van der Waals surface area contributed by atoms with Gasteiger partial charge in [0.2, 0.25) is 0 Å². The molecule has 1 amide bonds. The first-order valence-corrected chi connectivity index (χ1v) is 8.24. The molecule has 0 saturated heterocycles. The Morgan fingerprint density at radius 1 is 1.04 bits per heavy atom. The van der Waals surface area contributed by atoms with Crippen molar-refractivity contribution in [2.24, 2.45) is 0 Å². The Morgan fingerprint density at radius 2 is 1.72 bits per heavy atom. The number of benzene rings is 2. The van der Waals surface area contributed by atoms with Crippen molar-refractivity contribution in [2.75, 3.05) is 19.5 Å². The molecular weight excluding hydrogens is 390 g/mol. The van der Waals surface area contributed by atoms with E-state index < -0.39 is 18.0 Å². The van der Waals surface area contributed by atoms with E-state index in [4.69, 9.17) is 14.2 Å². The van der Waals surface area contributed by atoms with Crippen LogP contribution >= 0.6 is 15.9 Å². The van der Waals surface area contributed by atoms with Gasteiger partial charge in [-0.2, -0.15) is 0 Å². The Hall–Kier alpha value is -2.54. The van der Waals surface area contributed by atoms with E-state index in [0.29, 0.717) is 11.4 Å². The molecule has 0 heterocycles. The van der Waals surface area contributed by atoms with Crippen LogP contribution in [0.2, 0.25) is 0 Å².